The number of fused-ring (bicyclic) bond motifs is 1. The Morgan fingerprint density at radius 1 is 1.35 bits per heavy atom. The summed E-state index contributed by atoms with van der Waals surface area (Å²) in [7, 11) is 0. The van der Waals surface area contributed by atoms with Gasteiger partial charge in [0.25, 0.3) is 5.56 Å². The van der Waals surface area contributed by atoms with Crippen LogP contribution in [0.25, 0.3) is 0 Å². The van der Waals surface area contributed by atoms with Gasteiger partial charge < -0.3 is 19.4 Å². The van der Waals surface area contributed by atoms with Crippen molar-refractivity contribution in [3.8, 4) is 11.5 Å². The largest absolute Gasteiger partial charge is 0.493 e. The second kappa shape index (κ2) is 8.27. The van der Waals surface area contributed by atoms with E-state index in [-0.39, 0.29) is 5.56 Å². The summed E-state index contributed by atoms with van der Waals surface area (Å²) >= 11 is 6.31. The maximum absolute atomic E-state index is 12.3. The molecule has 26 heavy (non-hydrogen) atoms. The number of aldehydes is 1. The second-order valence-corrected chi connectivity index (χ2v) is 6.55. The van der Waals surface area contributed by atoms with Crippen molar-refractivity contribution in [3.05, 3.63) is 51.4 Å². The predicted molar refractivity (Wildman–Crippen MR) is 100 cm³/mol. The van der Waals surface area contributed by atoms with Crippen LogP contribution in [0.15, 0.2) is 35.3 Å². The number of nitrogens with zero attached hydrogens (tertiary/aromatic N) is 1. The summed E-state index contributed by atoms with van der Waals surface area (Å²) in [6, 6.07) is 6.70. The van der Waals surface area contributed by atoms with Crippen LogP contribution in [0.3, 0.4) is 0 Å². The first kappa shape index (κ1) is 18.3. The molecule has 138 valence electrons. The molecular weight excluding hydrogens is 356 g/mol. The SMILES string of the molecule is CCCCCOc1ccn(Cc2cc3c(cc2Cl)NC(C=O)O3)c(=O)c1. The number of aromatic nitrogens is 1. The average molecular weight is 377 g/mol. The van der Waals surface area contributed by atoms with Gasteiger partial charge in [-0.3, -0.25) is 9.59 Å². The summed E-state index contributed by atoms with van der Waals surface area (Å²) in [4.78, 5) is 23.2. The van der Waals surface area contributed by atoms with Crippen molar-refractivity contribution < 1.29 is 14.3 Å². The van der Waals surface area contributed by atoms with Gasteiger partial charge in [-0.15, -0.1) is 0 Å². The third-order valence-corrected chi connectivity index (χ3v) is 4.50. The van der Waals surface area contributed by atoms with Crippen molar-refractivity contribution in [3.63, 3.8) is 0 Å². The molecule has 1 aliphatic heterocycles. The van der Waals surface area contributed by atoms with Gasteiger partial charge in [-0.05, 0) is 30.2 Å². The molecule has 0 fully saturated rings. The first-order valence-electron chi connectivity index (χ1n) is 8.65. The predicted octanol–water partition coefficient (Wildman–Crippen LogP) is 3.45. The summed E-state index contributed by atoms with van der Waals surface area (Å²) in [5, 5.41) is 3.40. The quantitative estimate of drug-likeness (QED) is 0.564. The van der Waals surface area contributed by atoms with E-state index in [1.54, 1.807) is 29.0 Å². The zero-order chi connectivity index (χ0) is 18.5. The maximum atomic E-state index is 12.3. The number of ether oxygens (including phenoxy) is 2. The van der Waals surface area contributed by atoms with Crippen LogP contribution in [0.2, 0.25) is 5.02 Å². The molecule has 7 heteroatoms. The second-order valence-electron chi connectivity index (χ2n) is 6.14. The van der Waals surface area contributed by atoms with Gasteiger partial charge in [0.2, 0.25) is 6.23 Å². The lowest BCUT2D eigenvalue weighted by Crippen LogP contribution is -2.21. The molecule has 6 nitrogen and oxygen atoms in total. The highest BCUT2D eigenvalue weighted by molar-refractivity contribution is 6.31. The number of unbranched alkanes of at least 4 members (excludes halogenated alkanes) is 2. The Bertz CT molecular complexity index is 850. The highest BCUT2D eigenvalue weighted by Gasteiger charge is 2.22. The van der Waals surface area contributed by atoms with Crippen molar-refractivity contribution >= 4 is 23.6 Å². The van der Waals surface area contributed by atoms with Gasteiger partial charge >= 0.3 is 0 Å². The lowest BCUT2D eigenvalue weighted by Gasteiger charge is -2.11. The van der Waals surface area contributed by atoms with Crippen LogP contribution in [0.5, 0.6) is 11.5 Å². The van der Waals surface area contributed by atoms with Gasteiger partial charge in [-0.25, -0.2) is 0 Å². The minimum absolute atomic E-state index is 0.167. The number of rotatable bonds is 8. The molecule has 1 atom stereocenters. The number of nitrogens with one attached hydrogen (secondary N) is 1. The number of hydrogen-bond donors (Lipinski definition) is 1. The average Bonchev–Trinajstić information content (AvgIpc) is 3.03. The molecule has 1 aromatic heterocycles. The van der Waals surface area contributed by atoms with Crippen LogP contribution in [-0.2, 0) is 11.3 Å². The fourth-order valence-electron chi connectivity index (χ4n) is 2.74. The van der Waals surface area contributed by atoms with Gasteiger partial charge in [0.15, 0.2) is 6.29 Å². The zero-order valence-electron chi connectivity index (χ0n) is 14.5. The van der Waals surface area contributed by atoms with Crippen LogP contribution in [0.1, 0.15) is 31.7 Å². The highest BCUT2D eigenvalue weighted by Crippen LogP contribution is 2.36. The van der Waals surface area contributed by atoms with Crippen LogP contribution in [-0.4, -0.2) is 23.7 Å². The van der Waals surface area contributed by atoms with Crippen LogP contribution in [0, 0.1) is 0 Å². The highest BCUT2D eigenvalue weighted by atomic mass is 35.5. The van der Waals surface area contributed by atoms with Crippen molar-refractivity contribution in [1.82, 2.24) is 4.57 Å². The molecule has 3 rings (SSSR count). The number of pyridine rings is 1. The lowest BCUT2D eigenvalue weighted by atomic mass is 10.2. The first-order chi connectivity index (χ1) is 12.6. The normalized spacial score (nSPS) is 15.1. The number of hydrogen-bond acceptors (Lipinski definition) is 5. The first-order valence-corrected chi connectivity index (χ1v) is 9.02. The third-order valence-electron chi connectivity index (χ3n) is 4.15. The smallest absolute Gasteiger partial charge is 0.254 e. The number of anilines is 1. The van der Waals surface area contributed by atoms with E-state index in [9.17, 15) is 9.59 Å². The van der Waals surface area contributed by atoms with E-state index in [1.165, 1.54) is 6.07 Å². The molecule has 2 heterocycles. The number of carbonyl (C=O) groups excluding carboxylic acids is 1. The van der Waals surface area contributed by atoms with Crippen molar-refractivity contribution in [2.24, 2.45) is 0 Å². The van der Waals surface area contributed by atoms with E-state index < -0.39 is 6.23 Å². The molecule has 1 N–H and O–H groups in total. The van der Waals surface area contributed by atoms with Gasteiger partial charge in [0, 0.05) is 17.3 Å². The molecule has 1 aliphatic rings. The molecule has 2 aromatic rings. The number of carbonyl (C=O) groups is 1. The maximum Gasteiger partial charge on any atom is 0.254 e. The minimum Gasteiger partial charge on any atom is -0.493 e. The number of benzene rings is 1. The Morgan fingerprint density at radius 3 is 2.92 bits per heavy atom. The van der Waals surface area contributed by atoms with Gasteiger partial charge in [0.05, 0.1) is 18.8 Å². The molecule has 1 unspecified atom stereocenters. The Morgan fingerprint density at radius 2 is 2.19 bits per heavy atom. The van der Waals surface area contributed by atoms with E-state index >= 15 is 0 Å². The van der Waals surface area contributed by atoms with Gasteiger partial charge in [0.1, 0.15) is 11.5 Å². The fraction of sp³-hybridized carbons (Fsp3) is 0.368. The topological polar surface area (TPSA) is 69.6 Å². The standard InChI is InChI=1S/C19H21ClN2O4/c1-2-3-4-7-25-14-5-6-22(19(24)9-14)11-13-8-17-16(10-15(13)20)21-18(12-23)26-17/h5-6,8-10,12,18,21H,2-4,7,11H2,1H3. The van der Waals surface area contributed by atoms with Crippen molar-refractivity contribution in [2.75, 3.05) is 11.9 Å². The van der Waals surface area contributed by atoms with E-state index in [0.717, 1.165) is 24.8 Å². The molecule has 0 saturated heterocycles. The Balaban J connectivity index is 1.71. The summed E-state index contributed by atoms with van der Waals surface area (Å²) in [5.74, 6) is 1.12. The molecule has 0 bridgehead atoms. The molecule has 0 aliphatic carbocycles. The van der Waals surface area contributed by atoms with Gasteiger partial charge in [-0.1, -0.05) is 31.4 Å². The lowest BCUT2D eigenvalue weighted by molar-refractivity contribution is -0.112. The van der Waals surface area contributed by atoms with Crippen molar-refractivity contribution in [2.45, 2.75) is 39.0 Å². The summed E-state index contributed by atoms with van der Waals surface area (Å²) in [6.07, 6.45) is 4.86. The number of halogens is 1. The molecule has 0 spiro atoms. The van der Waals surface area contributed by atoms with E-state index in [1.807, 2.05) is 0 Å². The van der Waals surface area contributed by atoms with E-state index in [2.05, 4.69) is 12.2 Å². The Labute approximate surface area is 156 Å². The monoisotopic (exact) mass is 376 g/mol. The van der Waals surface area contributed by atoms with Crippen LogP contribution in [0.4, 0.5) is 5.69 Å². The van der Waals surface area contributed by atoms with Crippen LogP contribution >= 0.6 is 11.6 Å². The summed E-state index contributed by atoms with van der Waals surface area (Å²) in [5.41, 5.74) is 1.23. The minimum atomic E-state index is -0.705. The molecule has 0 saturated carbocycles. The fourth-order valence-corrected chi connectivity index (χ4v) is 2.97. The van der Waals surface area contributed by atoms with E-state index in [4.69, 9.17) is 21.1 Å². The van der Waals surface area contributed by atoms with Gasteiger partial charge in [-0.2, -0.15) is 0 Å². The molecular formula is C19H21ClN2O4. The third kappa shape index (κ3) is 4.19. The molecule has 0 radical (unpaired) electrons. The Kier molecular flexibility index (Phi) is 5.83. The zero-order valence-corrected chi connectivity index (χ0v) is 15.3. The van der Waals surface area contributed by atoms with Crippen molar-refractivity contribution in [1.29, 1.82) is 0 Å². The summed E-state index contributed by atoms with van der Waals surface area (Å²) in [6.45, 7) is 3.04. The molecule has 0 amide bonds. The summed E-state index contributed by atoms with van der Waals surface area (Å²) < 4.78 is 12.6. The Hall–Kier alpha value is -2.47. The van der Waals surface area contributed by atoms with Crippen LogP contribution < -0.4 is 20.3 Å². The molecule has 1 aromatic carbocycles. The van der Waals surface area contributed by atoms with E-state index in [0.29, 0.717) is 41.6 Å².